The Kier molecular flexibility index (Phi) is 9.81. The minimum atomic E-state index is -0.760. The molecule has 1 aliphatic rings. The number of hydrogen-bond acceptors (Lipinski definition) is 7. The van der Waals surface area contributed by atoms with Crippen LogP contribution in [0, 0.1) is 0 Å². The van der Waals surface area contributed by atoms with Gasteiger partial charge in [-0.15, -0.1) is 0 Å². The summed E-state index contributed by atoms with van der Waals surface area (Å²) in [5.74, 6) is -0.582. The lowest BCUT2D eigenvalue weighted by atomic mass is 9.87. The van der Waals surface area contributed by atoms with Crippen molar-refractivity contribution in [3.63, 3.8) is 0 Å². The third-order valence-corrected chi connectivity index (χ3v) is 7.64. The van der Waals surface area contributed by atoms with Gasteiger partial charge in [-0.1, -0.05) is 74.5 Å². The molecule has 9 heteroatoms. The number of aliphatic hydroxyl groups is 1. The van der Waals surface area contributed by atoms with E-state index in [1.807, 2.05) is 24.3 Å². The van der Waals surface area contributed by atoms with Gasteiger partial charge in [0.25, 0.3) is 5.91 Å². The Morgan fingerprint density at radius 1 is 1.00 bits per heavy atom. The topological polar surface area (TPSA) is 94.4 Å². The number of benzene rings is 3. The number of hydrogen-bond donors (Lipinski definition) is 1. The number of carbonyl (C=O) groups excluding carboxylic acids is 2. The summed E-state index contributed by atoms with van der Waals surface area (Å²) in [7, 11) is 1.53. The Labute approximate surface area is 254 Å². The largest absolute Gasteiger partial charge is 0.506 e. The number of carbonyl (C=O) groups is 2. The van der Waals surface area contributed by atoms with Crippen molar-refractivity contribution in [1.29, 1.82) is 0 Å². The van der Waals surface area contributed by atoms with Crippen LogP contribution in [0.3, 0.4) is 0 Å². The van der Waals surface area contributed by atoms with Crippen LogP contribution in [0.2, 0.25) is 5.02 Å². The fraction of sp³-hybridized carbons (Fsp3) is 0.242. The number of thioether (sulfide) groups is 1. The van der Waals surface area contributed by atoms with E-state index in [2.05, 4.69) is 25.8 Å². The third kappa shape index (κ3) is 7.43. The molecule has 0 bridgehead atoms. The van der Waals surface area contributed by atoms with Crippen LogP contribution < -0.4 is 9.47 Å². The van der Waals surface area contributed by atoms with Gasteiger partial charge in [0.15, 0.2) is 11.5 Å². The number of methoxy groups -OCH3 is 1. The van der Waals surface area contributed by atoms with E-state index >= 15 is 0 Å². The van der Waals surface area contributed by atoms with E-state index in [1.165, 1.54) is 7.11 Å². The van der Waals surface area contributed by atoms with Crippen LogP contribution in [-0.4, -0.2) is 35.7 Å². The predicted octanol–water partition coefficient (Wildman–Crippen LogP) is 7.93. The van der Waals surface area contributed by atoms with Crippen LogP contribution in [0.4, 0.5) is 0 Å². The molecular formula is C33H32ClNO6S. The molecule has 1 amide bonds. The molecule has 3 aromatic rings. The Balaban J connectivity index is 1.60. The van der Waals surface area contributed by atoms with E-state index in [0.29, 0.717) is 39.2 Å². The second kappa shape index (κ2) is 13.3. The zero-order chi connectivity index (χ0) is 30.4. The first-order valence-electron chi connectivity index (χ1n) is 13.3. The number of ether oxygens (including phenoxy) is 3. The molecule has 42 heavy (non-hydrogen) atoms. The number of aliphatic hydroxyl groups excluding tert-OH is 1. The number of halogens is 1. The van der Waals surface area contributed by atoms with Gasteiger partial charge in [-0.2, -0.15) is 0 Å². The highest BCUT2D eigenvalue weighted by molar-refractivity contribution is 8.18. The van der Waals surface area contributed by atoms with Gasteiger partial charge in [-0.25, -0.2) is 9.79 Å². The number of esters is 1. The minimum absolute atomic E-state index is 0.0657. The molecule has 0 aromatic heterocycles. The van der Waals surface area contributed by atoms with Crippen molar-refractivity contribution in [1.82, 2.24) is 0 Å². The van der Waals surface area contributed by atoms with E-state index in [0.717, 1.165) is 22.9 Å². The standard InChI is InChI=1S/C33H32ClNO6S/c1-6-40-32(38)28-29(36)27(42-31(28)35-30(37)22-10-12-23(13-11-22)33(2,3)4)18-21-9-16-25(26(17-21)39-5)41-19-20-7-14-24(34)15-8-20/h7-18,36H,6,19H2,1-5H3/b27-18+,35-31?. The average molecular weight is 606 g/mol. The van der Waals surface area contributed by atoms with Crippen LogP contribution in [0.15, 0.2) is 88.0 Å². The normalized spacial score (nSPS) is 15.3. The molecule has 1 N–H and O–H groups in total. The summed E-state index contributed by atoms with van der Waals surface area (Å²) in [6, 6.07) is 19.8. The van der Waals surface area contributed by atoms with Crippen molar-refractivity contribution >= 4 is 46.4 Å². The van der Waals surface area contributed by atoms with Gasteiger partial charge in [0.2, 0.25) is 0 Å². The lowest BCUT2D eigenvalue weighted by molar-refractivity contribution is -0.138. The molecule has 0 saturated carbocycles. The Morgan fingerprint density at radius 2 is 1.69 bits per heavy atom. The first kappa shape index (κ1) is 30.9. The molecule has 1 aliphatic heterocycles. The predicted molar refractivity (Wildman–Crippen MR) is 168 cm³/mol. The van der Waals surface area contributed by atoms with E-state index in [1.54, 1.807) is 55.5 Å². The second-order valence-corrected chi connectivity index (χ2v) is 11.9. The highest BCUT2D eigenvalue weighted by Gasteiger charge is 2.34. The summed E-state index contributed by atoms with van der Waals surface area (Å²) < 4.78 is 16.6. The maximum absolute atomic E-state index is 13.0. The lowest BCUT2D eigenvalue weighted by Gasteiger charge is -2.18. The van der Waals surface area contributed by atoms with Crippen molar-refractivity contribution < 1.29 is 28.9 Å². The van der Waals surface area contributed by atoms with E-state index in [9.17, 15) is 14.7 Å². The summed E-state index contributed by atoms with van der Waals surface area (Å²) in [4.78, 5) is 30.4. The van der Waals surface area contributed by atoms with Gasteiger partial charge >= 0.3 is 5.97 Å². The van der Waals surface area contributed by atoms with Crippen molar-refractivity contribution in [3.05, 3.63) is 110 Å². The maximum Gasteiger partial charge on any atom is 0.344 e. The van der Waals surface area contributed by atoms with Crippen molar-refractivity contribution in [2.24, 2.45) is 4.99 Å². The molecular weight excluding hydrogens is 574 g/mol. The maximum atomic E-state index is 13.0. The molecule has 0 fully saturated rings. The van der Waals surface area contributed by atoms with Gasteiger partial charge in [-0.3, -0.25) is 4.79 Å². The quantitative estimate of drug-likeness (QED) is 0.261. The van der Waals surface area contributed by atoms with Gasteiger partial charge in [-0.05, 0) is 71.5 Å². The SMILES string of the molecule is CCOC(=O)C1=C(O)/C(=C\c2ccc(OCc3ccc(Cl)cc3)c(OC)c2)SC1=NC(=O)c1ccc(C(C)(C)C)cc1. The lowest BCUT2D eigenvalue weighted by Crippen LogP contribution is -2.14. The highest BCUT2D eigenvalue weighted by Crippen LogP contribution is 2.40. The highest BCUT2D eigenvalue weighted by atomic mass is 35.5. The monoisotopic (exact) mass is 605 g/mol. The van der Waals surface area contributed by atoms with Crippen LogP contribution in [0.5, 0.6) is 11.5 Å². The number of rotatable bonds is 8. The van der Waals surface area contributed by atoms with E-state index in [4.69, 9.17) is 25.8 Å². The van der Waals surface area contributed by atoms with E-state index in [-0.39, 0.29) is 28.4 Å². The molecule has 3 aromatic carbocycles. The summed E-state index contributed by atoms with van der Waals surface area (Å²) >= 11 is 6.97. The first-order chi connectivity index (χ1) is 20.0. The first-order valence-corrected chi connectivity index (χ1v) is 14.5. The zero-order valence-corrected chi connectivity index (χ0v) is 25.6. The van der Waals surface area contributed by atoms with E-state index < -0.39 is 11.9 Å². The number of amides is 1. The van der Waals surface area contributed by atoms with Crippen molar-refractivity contribution in [2.45, 2.75) is 39.7 Å². The van der Waals surface area contributed by atoms with Gasteiger partial charge in [0.05, 0.1) is 18.6 Å². The fourth-order valence-corrected chi connectivity index (χ4v) is 5.19. The third-order valence-electron chi connectivity index (χ3n) is 6.36. The summed E-state index contributed by atoms with van der Waals surface area (Å²) in [5.41, 5.74) is 2.85. The number of nitrogens with zero attached hydrogens (tertiary/aromatic N) is 1. The second-order valence-electron chi connectivity index (χ2n) is 10.4. The molecule has 4 rings (SSSR count). The zero-order valence-electron chi connectivity index (χ0n) is 24.1. The summed E-state index contributed by atoms with van der Waals surface area (Å²) in [5, 5.41) is 11.7. The van der Waals surface area contributed by atoms with Gasteiger partial charge in [0.1, 0.15) is 23.0 Å². The van der Waals surface area contributed by atoms with Crippen molar-refractivity contribution in [3.8, 4) is 11.5 Å². The van der Waals surface area contributed by atoms with Crippen molar-refractivity contribution in [2.75, 3.05) is 13.7 Å². The van der Waals surface area contributed by atoms with Gasteiger partial charge < -0.3 is 19.3 Å². The van der Waals surface area contributed by atoms with Crippen LogP contribution in [-0.2, 0) is 21.6 Å². The number of aliphatic imine (C=N–C) groups is 1. The molecule has 0 aliphatic carbocycles. The summed E-state index contributed by atoms with van der Waals surface area (Å²) in [6.45, 7) is 8.35. The molecule has 0 saturated heterocycles. The molecule has 7 nitrogen and oxygen atoms in total. The smallest absolute Gasteiger partial charge is 0.344 e. The van der Waals surface area contributed by atoms with Crippen LogP contribution in [0.25, 0.3) is 6.08 Å². The average Bonchev–Trinajstić information content (AvgIpc) is 3.26. The molecule has 1 heterocycles. The molecule has 218 valence electrons. The Bertz CT molecular complexity index is 1570. The Morgan fingerprint density at radius 3 is 2.31 bits per heavy atom. The molecule has 0 radical (unpaired) electrons. The Hall–Kier alpha value is -4.01. The van der Waals surface area contributed by atoms with Crippen LogP contribution >= 0.6 is 23.4 Å². The van der Waals surface area contributed by atoms with Gasteiger partial charge in [0, 0.05) is 10.6 Å². The molecule has 0 atom stereocenters. The van der Waals surface area contributed by atoms with Crippen LogP contribution in [0.1, 0.15) is 54.7 Å². The minimum Gasteiger partial charge on any atom is -0.506 e. The fourth-order valence-electron chi connectivity index (χ4n) is 4.05. The summed E-state index contributed by atoms with van der Waals surface area (Å²) in [6.07, 6.45) is 1.68. The molecule has 0 unspecified atom stereocenters. The molecule has 0 spiro atoms.